The van der Waals surface area contributed by atoms with Crippen LogP contribution in [-0.2, 0) is 11.3 Å². The number of hydrogen-bond donors (Lipinski definition) is 1. The molecule has 0 bridgehead atoms. The molecule has 0 saturated heterocycles. The summed E-state index contributed by atoms with van der Waals surface area (Å²) in [5.74, 6) is -0.483. The Balaban J connectivity index is 1.43. The molecule has 1 heterocycles. The molecule has 166 valence electrons. The molecule has 4 rings (SSSR count). The van der Waals surface area contributed by atoms with Gasteiger partial charge < -0.3 is 9.30 Å². The van der Waals surface area contributed by atoms with E-state index in [1.54, 1.807) is 19.2 Å². The number of ether oxygens (including phenoxy) is 1. The molecule has 0 atom stereocenters. The lowest BCUT2D eigenvalue weighted by Crippen LogP contribution is -2.24. The van der Waals surface area contributed by atoms with Gasteiger partial charge in [0.15, 0.2) is 12.4 Å². The standard InChI is InChI=1S/C25H22N4O4/c1-18-11-12-24(23(13-18)29(31)32)33-17-25(30)27-26-14-20-16-28(15-19-7-3-2-4-8-19)22-10-6-5-9-21(20)22/h2-14,16H,15,17H2,1H3,(H,27,30)/b26-14-. The highest BCUT2D eigenvalue weighted by Gasteiger charge is 2.16. The van der Waals surface area contributed by atoms with Crippen molar-refractivity contribution in [3.63, 3.8) is 0 Å². The largest absolute Gasteiger partial charge is 0.477 e. The van der Waals surface area contributed by atoms with Gasteiger partial charge in [0.05, 0.1) is 11.1 Å². The summed E-state index contributed by atoms with van der Waals surface area (Å²) < 4.78 is 7.46. The molecular weight excluding hydrogens is 420 g/mol. The molecule has 3 aromatic carbocycles. The zero-order valence-electron chi connectivity index (χ0n) is 18.0. The monoisotopic (exact) mass is 442 g/mol. The van der Waals surface area contributed by atoms with Crippen molar-refractivity contribution < 1.29 is 14.5 Å². The predicted octanol–water partition coefficient (Wildman–Crippen LogP) is 4.44. The fraction of sp³-hybridized carbons (Fsp3) is 0.120. The van der Waals surface area contributed by atoms with Gasteiger partial charge in [-0.15, -0.1) is 0 Å². The second-order valence-corrected chi connectivity index (χ2v) is 7.53. The molecule has 0 unspecified atom stereocenters. The molecule has 0 aliphatic carbocycles. The van der Waals surface area contributed by atoms with Gasteiger partial charge in [-0.2, -0.15) is 5.10 Å². The molecule has 0 fully saturated rings. The summed E-state index contributed by atoms with van der Waals surface area (Å²) in [7, 11) is 0. The number of aryl methyl sites for hydroxylation is 1. The number of nitrogens with one attached hydrogen (secondary N) is 1. The molecule has 8 nitrogen and oxygen atoms in total. The summed E-state index contributed by atoms with van der Waals surface area (Å²) in [5, 5.41) is 16.2. The molecule has 8 heteroatoms. The van der Waals surface area contributed by atoms with E-state index in [1.165, 1.54) is 17.7 Å². The first-order valence-corrected chi connectivity index (χ1v) is 10.3. The Morgan fingerprint density at radius 3 is 2.67 bits per heavy atom. The van der Waals surface area contributed by atoms with Crippen molar-refractivity contribution in [2.45, 2.75) is 13.5 Å². The smallest absolute Gasteiger partial charge is 0.311 e. The fourth-order valence-corrected chi connectivity index (χ4v) is 3.53. The number of rotatable bonds is 8. The van der Waals surface area contributed by atoms with E-state index in [9.17, 15) is 14.9 Å². The molecule has 0 spiro atoms. The number of nitrogens with zero attached hydrogens (tertiary/aromatic N) is 3. The Kier molecular flexibility index (Phi) is 6.45. The van der Waals surface area contributed by atoms with Crippen LogP contribution in [0.15, 0.2) is 84.1 Å². The van der Waals surface area contributed by atoms with Gasteiger partial charge in [-0.3, -0.25) is 14.9 Å². The molecule has 0 aliphatic rings. The van der Waals surface area contributed by atoms with Crippen molar-refractivity contribution in [1.82, 2.24) is 9.99 Å². The second-order valence-electron chi connectivity index (χ2n) is 7.53. The first-order valence-electron chi connectivity index (χ1n) is 10.3. The van der Waals surface area contributed by atoms with Gasteiger partial charge in [0, 0.05) is 35.3 Å². The zero-order valence-corrected chi connectivity index (χ0v) is 18.0. The SMILES string of the molecule is Cc1ccc(OCC(=O)N/N=C\c2cn(Cc3ccccc3)c3ccccc23)c([N+](=O)[O-])c1. The second kappa shape index (κ2) is 9.78. The first-order chi connectivity index (χ1) is 16.0. The van der Waals surface area contributed by atoms with Crippen LogP contribution >= 0.6 is 0 Å². The van der Waals surface area contributed by atoms with Gasteiger partial charge in [-0.25, -0.2) is 5.43 Å². The molecule has 0 radical (unpaired) electrons. The number of amides is 1. The third-order valence-electron chi connectivity index (χ3n) is 5.08. The Morgan fingerprint density at radius 1 is 1.12 bits per heavy atom. The minimum Gasteiger partial charge on any atom is -0.477 e. The normalized spacial score (nSPS) is 11.1. The number of carbonyl (C=O) groups excluding carboxylic acids is 1. The van der Waals surface area contributed by atoms with Crippen LogP contribution in [0.4, 0.5) is 5.69 Å². The zero-order chi connectivity index (χ0) is 23.2. The minimum atomic E-state index is -0.538. The number of para-hydroxylation sites is 1. The number of nitro groups is 1. The minimum absolute atomic E-state index is 0.0358. The fourth-order valence-electron chi connectivity index (χ4n) is 3.53. The number of hydrogen-bond acceptors (Lipinski definition) is 5. The van der Waals surface area contributed by atoms with E-state index >= 15 is 0 Å². The molecule has 1 N–H and O–H groups in total. The van der Waals surface area contributed by atoms with Gasteiger partial charge in [-0.1, -0.05) is 54.6 Å². The topological polar surface area (TPSA) is 98.8 Å². The average Bonchev–Trinajstić information content (AvgIpc) is 3.16. The van der Waals surface area contributed by atoms with Crippen molar-refractivity contribution in [1.29, 1.82) is 0 Å². The van der Waals surface area contributed by atoms with Gasteiger partial charge in [0.2, 0.25) is 0 Å². The van der Waals surface area contributed by atoms with E-state index in [-0.39, 0.29) is 11.4 Å². The van der Waals surface area contributed by atoms with Crippen LogP contribution in [0.5, 0.6) is 5.75 Å². The van der Waals surface area contributed by atoms with Crippen LogP contribution in [0.2, 0.25) is 0 Å². The molecular formula is C25H22N4O4. The van der Waals surface area contributed by atoms with Crippen molar-refractivity contribution in [2.24, 2.45) is 5.10 Å². The van der Waals surface area contributed by atoms with Crippen molar-refractivity contribution in [3.05, 3.63) is 106 Å². The van der Waals surface area contributed by atoms with Crippen LogP contribution < -0.4 is 10.2 Å². The van der Waals surface area contributed by atoms with E-state index < -0.39 is 17.4 Å². The number of aromatic nitrogens is 1. The Hall–Kier alpha value is -4.46. The highest BCUT2D eigenvalue weighted by molar-refractivity contribution is 5.99. The maximum atomic E-state index is 12.1. The molecule has 0 saturated carbocycles. The Labute approximate surface area is 190 Å². The van der Waals surface area contributed by atoms with Crippen LogP contribution in [0, 0.1) is 17.0 Å². The maximum absolute atomic E-state index is 12.1. The summed E-state index contributed by atoms with van der Waals surface area (Å²) in [5.41, 5.74) is 6.06. The lowest BCUT2D eigenvalue weighted by atomic mass is 10.2. The van der Waals surface area contributed by atoms with E-state index in [0.29, 0.717) is 6.54 Å². The van der Waals surface area contributed by atoms with Crippen molar-refractivity contribution in [2.75, 3.05) is 6.61 Å². The average molecular weight is 442 g/mol. The quantitative estimate of drug-likeness (QED) is 0.248. The number of hydrazone groups is 1. The summed E-state index contributed by atoms with van der Waals surface area (Å²) in [6.07, 6.45) is 3.57. The predicted molar refractivity (Wildman–Crippen MR) is 127 cm³/mol. The third-order valence-corrected chi connectivity index (χ3v) is 5.08. The number of nitro benzene ring substituents is 1. The lowest BCUT2D eigenvalue weighted by molar-refractivity contribution is -0.385. The Bertz CT molecular complexity index is 1330. The van der Waals surface area contributed by atoms with Crippen LogP contribution in [0.25, 0.3) is 10.9 Å². The van der Waals surface area contributed by atoms with Gasteiger partial charge in [0.1, 0.15) is 0 Å². The molecule has 1 aromatic heterocycles. The highest BCUT2D eigenvalue weighted by atomic mass is 16.6. The van der Waals surface area contributed by atoms with Gasteiger partial charge >= 0.3 is 5.69 Å². The number of fused-ring (bicyclic) bond motifs is 1. The van der Waals surface area contributed by atoms with Gasteiger partial charge in [0.25, 0.3) is 5.91 Å². The number of carbonyl (C=O) groups is 1. The van der Waals surface area contributed by atoms with E-state index in [4.69, 9.17) is 4.74 Å². The molecule has 0 aliphatic heterocycles. The van der Waals surface area contributed by atoms with Crippen molar-refractivity contribution >= 4 is 28.7 Å². The van der Waals surface area contributed by atoms with Gasteiger partial charge in [-0.05, 0) is 30.2 Å². The first kappa shape index (κ1) is 21.8. The van der Waals surface area contributed by atoms with Crippen molar-refractivity contribution in [3.8, 4) is 5.75 Å². The maximum Gasteiger partial charge on any atom is 0.311 e. The van der Waals surface area contributed by atoms with E-state index in [2.05, 4.69) is 27.2 Å². The molecule has 4 aromatic rings. The van der Waals surface area contributed by atoms with Crippen LogP contribution in [-0.4, -0.2) is 28.2 Å². The summed E-state index contributed by atoms with van der Waals surface area (Å²) in [4.78, 5) is 22.8. The number of benzene rings is 3. The van der Waals surface area contributed by atoms with Crippen LogP contribution in [0.3, 0.4) is 0 Å². The highest BCUT2D eigenvalue weighted by Crippen LogP contribution is 2.27. The molecule has 1 amide bonds. The third kappa shape index (κ3) is 5.24. The molecule has 33 heavy (non-hydrogen) atoms. The summed E-state index contributed by atoms with van der Waals surface area (Å²) in [6.45, 7) is 2.07. The lowest BCUT2D eigenvalue weighted by Gasteiger charge is -2.06. The summed E-state index contributed by atoms with van der Waals surface area (Å²) in [6, 6.07) is 22.7. The summed E-state index contributed by atoms with van der Waals surface area (Å²) >= 11 is 0. The van der Waals surface area contributed by atoms with E-state index in [1.807, 2.05) is 48.7 Å². The van der Waals surface area contributed by atoms with Crippen LogP contribution in [0.1, 0.15) is 16.7 Å². The Morgan fingerprint density at radius 2 is 1.88 bits per heavy atom. The van der Waals surface area contributed by atoms with E-state index in [0.717, 1.165) is 22.0 Å².